The van der Waals surface area contributed by atoms with Gasteiger partial charge in [0.25, 0.3) is 5.56 Å². The first-order valence-corrected chi connectivity index (χ1v) is 8.03. The van der Waals surface area contributed by atoms with Gasteiger partial charge in [-0.1, -0.05) is 6.07 Å². The molecule has 2 rings (SSSR count). The molecule has 0 atom stereocenters. The summed E-state index contributed by atoms with van der Waals surface area (Å²) in [5.74, 6) is -0.733. The van der Waals surface area contributed by atoms with Gasteiger partial charge in [0, 0.05) is 23.4 Å². The lowest BCUT2D eigenvalue weighted by atomic mass is 10.1. The van der Waals surface area contributed by atoms with Gasteiger partial charge in [0.2, 0.25) is 5.91 Å². The summed E-state index contributed by atoms with van der Waals surface area (Å²) < 4.78 is 4.93. The molecule has 1 heterocycles. The molecule has 0 unspecified atom stereocenters. The van der Waals surface area contributed by atoms with Crippen molar-refractivity contribution in [3.8, 4) is 0 Å². The number of methoxy groups -OCH3 is 1. The minimum Gasteiger partial charge on any atom is -0.465 e. The number of ether oxygens (including phenoxy) is 1. The third-order valence-corrected chi connectivity index (χ3v) is 3.99. The molecule has 25 heavy (non-hydrogen) atoms. The average Bonchev–Trinajstić information content (AvgIpc) is 2.55. The molecule has 0 fully saturated rings. The van der Waals surface area contributed by atoms with Gasteiger partial charge >= 0.3 is 5.97 Å². The highest BCUT2D eigenvalue weighted by atomic mass is 32.1. The zero-order valence-corrected chi connectivity index (χ0v) is 15.0. The number of carbonyl (C=O) groups is 2. The van der Waals surface area contributed by atoms with Gasteiger partial charge in [-0.15, -0.1) is 0 Å². The number of aryl methyl sites for hydroxylation is 2. The van der Waals surface area contributed by atoms with Crippen molar-refractivity contribution in [1.82, 2.24) is 9.97 Å². The molecule has 3 N–H and O–H groups in total. The van der Waals surface area contributed by atoms with Crippen LogP contribution in [0.3, 0.4) is 0 Å². The van der Waals surface area contributed by atoms with Crippen molar-refractivity contribution in [2.45, 2.75) is 26.7 Å². The molecule has 7 nitrogen and oxygen atoms in total. The van der Waals surface area contributed by atoms with Gasteiger partial charge in [0.05, 0.1) is 12.7 Å². The number of rotatable bonds is 5. The molecule has 2 aromatic rings. The Bertz CT molecular complexity index is 930. The Kier molecular flexibility index (Phi) is 5.87. The van der Waals surface area contributed by atoms with Crippen molar-refractivity contribution in [3.63, 3.8) is 0 Å². The second-order valence-corrected chi connectivity index (χ2v) is 5.99. The Morgan fingerprint density at radius 2 is 1.96 bits per heavy atom. The monoisotopic (exact) mass is 361 g/mol. The number of benzene rings is 1. The third-order valence-electron chi connectivity index (χ3n) is 3.79. The molecule has 0 aliphatic heterocycles. The Hall–Kier alpha value is -2.74. The molecule has 0 saturated heterocycles. The first-order chi connectivity index (χ1) is 11.8. The summed E-state index contributed by atoms with van der Waals surface area (Å²) in [6.07, 6.45) is 0.394. The lowest BCUT2D eigenvalue weighted by molar-refractivity contribution is -0.116. The van der Waals surface area contributed by atoms with Crippen LogP contribution in [0.15, 0.2) is 23.0 Å². The van der Waals surface area contributed by atoms with Crippen molar-refractivity contribution < 1.29 is 14.3 Å². The predicted octanol–water partition coefficient (Wildman–Crippen LogP) is 2.41. The SMILES string of the molecule is COC(=O)c1ccc(C)c(NC(=O)CCc2c(C)[nH]c(=S)[nH]c2=O)c1. The van der Waals surface area contributed by atoms with Crippen LogP contribution in [0.2, 0.25) is 0 Å². The number of H-pyrrole nitrogens is 2. The molecule has 1 amide bonds. The number of esters is 1. The molecule has 1 aromatic carbocycles. The Morgan fingerprint density at radius 3 is 2.60 bits per heavy atom. The second-order valence-electron chi connectivity index (χ2n) is 5.58. The van der Waals surface area contributed by atoms with E-state index in [1.54, 1.807) is 25.1 Å². The van der Waals surface area contributed by atoms with E-state index < -0.39 is 5.97 Å². The molecule has 132 valence electrons. The first kappa shape index (κ1) is 18.6. The van der Waals surface area contributed by atoms with Gasteiger partial charge in [0.15, 0.2) is 4.77 Å². The molecular weight excluding hydrogens is 342 g/mol. The normalized spacial score (nSPS) is 10.4. The summed E-state index contributed by atoms with van der Waals surface area (Å²) in [5.41, 5.74) is 2.54. The highest BCUT2D eigenvalue weighted by Crippen LogP contribution is 2.18. The van der Waals surface area contributed by atoms with E-state index in [1.165, 1.54) is 7.11 Å². The number of anilines is 1. The minimum absolute atomic E-state index is 0.121. The van der Waals surface area contributed by atoms with E-state index in [-0.39, 0.29) is 29.1 Å². The number of hydrogen-bond donors (Lipinski definition) is 3. The molecular formula is C17H19N3O4S. The summed E-state index contributed by atoms with van der Waals surface area (Å²) in [6.45, 7) is 3.56. The lowest BCUT2D eigenvalue weighted by Crippen LogP contribution is -2.20. The van der Waals surface area contributed by atoms with Crippen molar-refractivity contribution >= 4 is 29.8 Å². The number of nitrogens with one attached hydrogen (secondary N) is 3. The standard InChI is InChI=1S/C17H19N3O4S/c1-9-4-5-11(16(23)24-3)8-13(9)19-14(21)7-6-12-10(2)18-17(25)20-15(12)22/h4-5,8H,6-7H2,1-3H3,(H,19,21)(H2,18,20,22,25). The second kappa shape index (κ2) is 7.89. The molecule has 1 aromatic heterocycles. The van der Waals surface area contributed by atoms with Gasteiger partial charge in [0.1, 0.15) is 0 Å². The van der Waals surface area contributed by atoms with Crippen molar-refractivity contribution in [2.24, 2.45) is 0 Å². The van der Waals surface area contributed by atoms with Crippen LogP contribution in [-0.4, -0.2) is 29.0 Å². The van der Waals surface area contributed by atoms with Crippen LogP contribution >= 0.6 is 12.2 Å². The highest BCUT2D eigenvalue weighted by molar-refractivity contribution is 7.71. The van der Waals surface area contributed by atoms with Gasteiger partial charge < -0.3 is 15.0 Å². The Morgan fingerprint density at radius 1 is 1.24 bits per heavy atom. The topological polar surface area (TPSA) is 104 Å². The van der Waals surface area contributed by atoms with Gasteiger partial charge in [-0.3, -0.25) is 14.6 Å². The van der Waals surface area contributed by atoms with Gasteiger partial charge in [-0.25, -0.2) is 4.79 Å². The van der Waals surface area contributed by atoms with E-state index in [2.05, 4.69) is 20.0 Å². The summed E-state index contributed by atoms with van der Waals surface area (Å²) >= 11 is 4.90. The fourth-order valence-electron chi connectivity index (χ4n) is 2.38. The van der Waals surface area contributed by atoms with Crippen LogP contribution in [0.5, 0.6) is 0 Å². The molecule has 0 bridgehead atoms. The van der Waals surface area contributed by atoms with Crippen LogP contribution in [-0.2, 0) is 16.0 Å². The van der Waals surface area contributed by atoms with Crippen molar-refractivity contribution in [1.29, 1.82) is 0 Å². The van der Waals surface area contributed by atoms with Gasteiger partial charge in [-0.05, 0) is 50.2 Å². The summed E-state index contributed by atoms with van der Waals surface area (Å²) in [6, 6.07) is 4.93. The predicted molar refractivity (Wildman–Crippen MR) is 96.5 cm³/mol. The molecule has 8 heteroatoms. The Labute approximate surface area is 149 Å². The van der Waals surface area contributed by atoms with Crippen LogP contribution in [0.1, 0.15) is 33.6 Å². The maximum Gasteiger partial charge on any atom is 0.337 e. The molecule has 0 radical (unpaired) electrons. The van der Waals surface area contributed by atoms with E-state index in [0.29, 0.717) is 22.5 Å². The lowest BCUT2D eigenvalue weighted by Gasteiger charge is -2.10. The maximum atomic E-state index is 12.2. The van der Waals surface area contributed by atoms with Crippen molar-refractivity contribution in [3.05, 3.63) is 55.7 Å². The summed E-state index contributed by atoms with van der Waals surface area (Å²) in [5, 5.41) is 2.76. The van der Waals surface area contributed by atoms with Crippen molar-refractivity contribution in [2.75, 3.05) is 12.4 Å². The minimum atomic E-state index is -0.475. The maximum absolute atomic E-state index is 12.2. The fraction of sp³-hybridized carbons (Fsp3) is 0.294. The number of aromatic nitrogens is 2. The van der Waals surface area contributed by atoms with E-state index in [0.717, 1.165) is 5.56 Å². The molecule has 0 spiro atoms. The highest BCUT2D eigenvalue weighted by Gasteiger charge is 2.12. The van der Waals surface area contributed by atoms with E-state index in [1.807, 2.05) is 6.92 Å². The zero-order valence-electron chi connectivity index (χ0n) is 14.2. The van der Waals surface area contributed by atoms with Crippen LogP contribution in [0.4, 0.5) is 5.69 Å². The quantitative estimate of drug-likeness (QED) is 0.560. The third kappa shape index (κ3) is 4.63. The average molecular weight is 361 g/mol. The van der Waals surface area contributed by atoms with Gasteiger partial charge in [-0.2, -0.15) is 0 Å². The molecule has 0 aliphatic rings. The smallest absolute Gasteiger partial charge is 0.337 e. The number of carbonyl (C=O) groups excluding carboxylic acids is 2. The first-order valence-electron chi connectivity index (χ1n) is 7.62. The summed E-state index contributed by atoms with van der Waals surface area (Å²) in [4.78, 5) is 41.1. The van der Waals surface area contributed by atoms with Crippen LogP contribution < -0.4 is 10.9 Å². The molecule has 0 saturated carbocycles. The Balaban J connectivity index is 2.10. The van der Waals surface area contributed by atoms with Crippen LogP contribution in [0.25, 0.3) is 0 Å². The van der Waals surface area contributed by atoms with Crippen LogP contribution in [0, 0.1) is 18.6 Å². The fourth-order valence-corrected chi connectivity index (χ4v) is 2.63. The number of aromatic amines is 2. The number of amides is 1. The zero-order chi connectivity index (χ0) is 18.6. The number of hydrogen-bond acceptors (Lipinski definition) is 5. The molecule has 0 aliphatic carbocycles. The largest absolute Gasteiger partial charge is 0.465 e. The van der Waals surface area contributed by atoms with E-state index in [4.69, 9.17) is 12.2 Å². The van der Waals surface area contributed by atoms with E-state index in [9.17, 15) is 14.4 Å². The summed E-state index contributed by atoms with van der Waals surface area (Å²) in [7, 11) is 1.30. The van der Waals surface area contributed by atoms with E-state index >= 15 is 0 Å².